The van der Waals surface area contributed by atoms with Crippen molar-refractivity contribution >= 4 is 0 Å². The number of hydrogen-bond donors (Lipinski definition) is 1. The summed E-state index contributed by atoms with van der Waals surface area (Å²) in [5.74, 6) is 0. The summed E-state index contributed by atoms with van der Waals surface area (Å²) in [6.07, 6.45) is 0.610. The topological polar surface area (TPSA) is 39.1 Å². The van der Waals surface area contributed by atoms with Crippen LogP contribution in [0.15, 0.2) is 24.3 Å². The molecule has 1 N–H and O–H groups in total. The van der Waals surface area contributed by atoms with E-state index in [1.807, 2.05) is 0 Å². The molecule has 0 spiro atoms. The fourth-order valence-electron chi connectivity index (χ4n) is 2.25. The second kappa shape index (κ2) is 5.81. The van der Waals surface area contributed by atoms with Gasteiger partial charge in [-0.1, -0.05) is 29.8 Å². The molecule has 90 valence electrons. The lowest BCUT2D eigenvalue weighted by atomic mass is 10.1. The van der Waals surface area contributed by atoms with Crippen LogP contribution in [0.1, 0.15) is 17.5 Å². The molecule has 1 fully saturated rings. The highest BCUT2D eigenvalue weighted by Crippen LogP contribution is 2.13. The van der Waals surface area contributed by atoms with Crippen LogP contribution in [0.4, 0.5) is 0 Å². The van der Waals surface area contributed by atoms with Crippen molar-refractivity contribution in [2.75, 3.05) is 19.6 Å². The number of nitriles is 1. The number of benzene rings is 1. The minimum absolute atomic E-state index is 0.357. The number of rotatable bonds is 3. The molecule has 1 heterocycles. The third-order valence-corrected chi connectivity index (χ3v) is 3.31. The normalized spacial score (nSPS) is 21.1. The van der Waals surface area contributed by atoms with E-state index in [0.29, 0.717) is 12.5 Å². The molecule has 1 atom stereocenters. The van der Waals surface area contributed by atoms with E-state index in [2.05, 4.69) is 47.5 Å². The lowest BCUT2D eigenvalue weighted by Crippen LogP contribution is -2.50. The van der Waals surface area contributed by atoms with Gasteiger partial charge in [-0.2, -0.15) is 5.26 Å². The van der Waals surface area contributed by atoms with Gasteiger partial charge in [0.05, 0.1) is 12.5 Å². The van der Waals surface area contributed by atoms with E-state index in [4.69, 9.17) is 5.26 Å². The minimum Gasteiger partial charge on any atom is -0.314 e. The molecule has 3 nitrogen and oxygen atoms in total. The van der Waals surface area contributed by atoms with Gasteiger partial charge in [0, 0.05) is 32.2 Å². The molecule has 1 aliphatic rings. The van der Waals surface area contributed by atoms with Crippen LogP contribution < -0.4 is 5.32 Å². The fraction of sp³-hybridized carbons (Fsp3) is 0.500. The van der Waals surface area contributed by atoms with E-state index >= 15 is 0 Å². The Hall–Kier alpha value is -1.37. The van der Waals surface area contributed by atoms with Crippen molar-refractivity contribution in [3.8, 4) is 6.07 Å². The van der Waals surface area contributed by atoms with Gasteiger partial charge in [-0.3, -0.25) is 4.90 Å². The van der Waals surface area contributed by atoms with Crippen LogP contribution in [0.25, 0.3) is 0 Å². The van der Waals surface area contributed by atoms with Crippen LogP contribution >= 0.6 is 0 Å². The zero-order valence-corrected chi connectivity index (χ0v) is 10.3. The van der Waals surface area contributed by atoms with E-state index in [1.165, 1.54) is 11.1 Å². The average Bonchev–Trinajstić information content (AvgIpc) is 2.35. The van der Waals surface area contributed by atoms with E-state index in [0.717, 1.165) is 26.2 Å². The lowest BCUT2D eigenvalue weighted by molar-refractivity contribution is 0.155. The molecule has 1 unspecified atom stereocenters. The van der Waals surface area contributed by atoms with Crippen molar-refractivity contribution in [3.05, 3.63) is 35.4 Å². The second-order valence-corrected chi connectivity index (χ2v) is 4.68. The molecule has 0 radical (unpaired) electrons. The molecule has 0 bridgehead atoms. The third kappa shape index (κ3) is 3.29. The maximum Gasteiger partial charge on any atom is 0.0638 e. The summed E-state index contributed by atoms with van der Waals surface area (Å²) in [5, 5.41) is 12.2. The largest absolute Gasteiger partial charge is 0.314 e. The Kier molecular flexibility index (Phi) is 4.13. The number of piperazine rings is 1. The SMILES string of the molecule is Cc1ccc(CN2CCNCC2CC#N)cc1. The highest BCUT2D eigenvalue weighted by atomic mass is 15.2. The van der Waals surface area contributed by atoms with E-state index in [-0.39, 0.29) is 0 Å². The molecule has 2 rings (SSSR count). The van der Waals surface area contributed by atoms with Crippen LogP contribution in [0.5, 0.6) is 0 Å². The van der Waals surface area contributed by atoms with Crippen LogP contribution in [0.2, 0.25) is 0 Å². The minimum atomic E-state index is 0.357. The lowest BCUT2D eigenvalue weighted by Gasteiger charge is -2.35. The fourth-order valence-corrected chi connectivity index (χ4v) is 2.25. The Morgan fingerprint density at radius 2 is 2.18 bits per heavy atom. The molecule has 17 heavy (non-hydrogen) atoms. The van der Waals surface area contributed by atoms with Crippen LogP contribution in [-0.2, 0) is 6.54 Å². The molecule has 1 saturated heterocycles. The van der Waals surface area contributed by atoms with Crippen molar-refractivity contribution in [2.45, 2.75) is 25.9 Å². The maximum absolute atomic E-state index is 8.83. The highest BCUT2D eigenvalue weighted by molar-refractivity contribution is 5.21. The standard InChI is InChI=1S/C14H19N3/c1-12-2-4-13(5-3-12)11-17-9-8-16-10-14(17)6-7-15/h2-5,14,16H,6,8-11H2,1H3. The highest BCUT2D eigenvalue weighted by Gasteiger charge is 2.21. The van der Waals surface area contributed by atoms with E-state index < -0.39 is 0 Å². The molecule has 1 aromatic rings. The van der Waals surface area contributed by atoms with Gasteiger partial charge in [-0.15, -0.1) is 0 Å². The van der Waals surface area contributed by atoms with Gasteiger partial charge in [-0.05, 0) is 12.5 Å². The van der Waals surface area contributed by atoms with E-state index in [1.54, 1.807) is 0 Å². The van der Waals surface area contributed by atoms with Gasteiger partial charge in [0.1, 0.15) is 0 Å². The molecule has 0 amide bonds. The van der Waals surface area contributed by atoms with Crippen LogP contribution in [0, 0.1) is 18.3 Å². The number of nitrogens with zero attached hydrogens (tertiary/aromatic N) is 2. The Morgan fingerprint density at radius 1 is 1.41 bits per heavy atom. The molecule has 3 heteroatoms. The molecule has 0 saturated carbocycles. The summed E-state index contributed by atoms with van der Waals surface area (Å²) in [4.78, 5) is 2.41. The Morgan fingerprint density at radius 3 is 2.88 bits per heavy atom. The van der Waals surface area contributed by atoms with Gasteiger partial charge in [-0.25, -0.2) is 0 Å². The molecular weight excluding hydrogens is 210 g/mol. The molecule has 0 aromatic heterocycles. The van der Waals surface area contributed by atoms with E-state index in [9.17, 15) is 0 Å². The first kappa shape index (κ1) is 12.1. The zero-order chi connectivity index (χ0) is 12.1. The monoisotopic (exact) mass is 229 g/mol. The van der Waals surface area contributed by atoms with Gasteiger partial charge >= 0.3 is 0 Å². The summed E-state index contributed by atoms with van der Waals surface area (Å²) >= 11 is 0. The van der Waals surface area contributed by atoms with Gasteiger partial charge < -0.3 is 5.32 Å². The van der Waals surface area contributed by atoms with Gasteiger partial charge in [0.2, 0.25) is 0 Å². The van der Waals surface area contributed by atoms with Crippen molar-refractivity contribution in [2.24, 2.45) is 0 Å². The first-order chi connectivity index (χ1) is 8.29. The van der Waals surface area contributed by atoms with Gasteiger partial charge in [0.25, 0.3) is 0 Å². The third-order valence-electron chi connectivity index (χ3n) is 3.31. The summed E-state index contributed by atoms with van der Waals surface area (Å²) in [7, 11) is 0. The molecule has 1 aliphatic heterocycles. The maximum atomic E-state index is 8.83. The number of nitrogens with one attached hydrogen (secondary N) is 1. The average molecular weight is 229 g/mol. The second-order valence-electron chi connectivity index (χ2n) is 4.68. The predicted molar refractivity (Wildman–Crippen MR) is 68.5 cm³/mol. The number of aryl methyl sites for hydroxylation is 1. The number of hydrogen-bond acceptors (Lipinski definition) is 3. The molecule has 1 aromatic carbocycles. The zero-order valence-electron chi connectivity index (χ0n) is 10.3. The van der Waals surface area contributed by atoms with Gasteiger partial charge in [0.15, 0.2) is 0 Å². The first-order valence-corrected chi connectivity index (χ1v) is 6.17. The first-order valence-electron chi connectivity index (χ1n) is 6.17. The molecular formula is C14H19N3. The Bertz CT molecular complexity index is 391. The van der Waals surface area contributed by atoms with Crippen molar-refractivity contribution < 1.29 is 0 Å². The van der Waals surface area contributed by atoms with Crippen LogP contribution in [0.3, 0.4) is 0 Å². The van der Waals surface area contributed by atoms with Crippen molar-refractivity contribution in [1.82, 2.24) is 10.2 Å². The van der Waals surface area contributed by atoms with Crippen molar-refractivity contribution in [3.63, 3.8) is 0 Å². The summed E-state index contributed by atoms with van der Waals surface area (Å²) in [6, 6.07) is 11.3. The summed E-state index contributed by atoms with van der Waals surface area (Å²) in [6.45, 7) is 6.04. The Labute approximate surface area is 103 Å². The summed E-state index contributed by atoms with van der Waals surface area (Å²) in [5.41, 5.74) is 2.63. The van der Waals surface area contributed by atoms with Crippen LogP contribution in [-0.4, -0.2) is 30.6 Å². The molecule has 0 aliphatic carbocycles. The summed E-state index contributed by atoms with van der Waals surface area (Å²) < 4.78 is 0. The Balaban J connectivity index is 2.00. The smallest absolute Gasteiger partial charge is 0.0638 e. The predicted octanol–water partition coefficient (Wildman–Crippen LogP) is 1.68. The quantitative estimate of drug-likeness (QED) is 0.857. The van der Waals surface area contributed by atoms with Crippen molar-refractivity contribution in [1.29, 1.82) is 5.26 Å².